The van der Waals surface area contributed by atoms with Crippen molar-refractivity contribution in [1.29, 1.82) is 0 Å². The van der Waals surface area contributed by atoms with Crippen LogP contribution in [-0.4, -0.2) is 34.9 Å². The molecule has 0 atom stereocenters. The largest absolute Gasteiger partial charge is 0.385 e. The first kappa shape index (κ1) is 15.8. The van der Waals surface area contributed by atoms with E-state index in [1.54, 1.807) is 12.4 Å². The lowest BCUT2D eigenvalue weighted by Crippen LogP contribution is -2.41. The Morgan fingerprint density at radius 3 is 2.76 bits per heavy atom. The van der Waals surface area contributed by atoms with Crippen LogP contribution in [0.2, 0.25) is 0 Å². The van der Waals surface area contributed by atoms with Crippen molar-refractivity contribution >= 4 is 11.6 Å². The Kier molecular flexibility index (Phi) is 5.59. The fourth-order valence-electron chi connectivity index (χ4n) is 3.07. The Labute approximate surface area is 127 Å². The summed E-state index contributed by atoms with van der Waals surface area (Å²) < 4.78 is 0. The zero-order valence-corrected chi connectivity index (χ0v) is 13.4. The Balaban J connectivity index is 2.24. The molecule has 0 bridgehead atoms. The van der Waals surface area contributed by atoms with Crippen molar-refractivity contribution in [2.75, 3.05) is 18.4 Å². The normalized spacial score (nSPS) is 15.4. The van der Waals surface area contributed by atoms with E-state index in [1.165, 1.54) is 12.8 Å². The summed E-state index contributed by atoms with van der Waals surface area (Å²) in [4.78, 5) is 19.2. The fourth-order valence-corrected chi connectivity index (χ4v) is 3.07. The van der Waals surface area contributed by atoms with Crippen molar-refractivity contribution in [3.05, 3.63) is 24.0 Å². The molecule has 0 spiro atoms. The van der Waals surface area contributed by atoms with E-state index in [2.05, 4.69) is 29.0 Å². The highest BCUT2D eigenvalue weighted by molar-refractivity contribution is 5.99. The molecule has 0 aliphatic heterocycles. The molecule has 1 aromatic rings. The van der Waals surface area contributed by atoms with Gasteiger partial charge < -0.3 is 10.2 Å². The van der Waals surface area contributed by atoms with Crippen LogP contribution in [0.15, 0.2) is 18.5 Å². The lowest BCUT2D eigenvalue weighted by atomic mass is 10.1. The predicted octanol–water partition coefficient (Wildman–Crippen LogP) is 3.55. The van der Waals surface area contributed by atoms with Crippen LogP contribution in [0, 0.1) is 5.92 Å². The third-order valence-electron chi connectivity index (χ3n) is 4.01. The lowest BCUT2D eigenvalue weighted by molar-refractivity contribution is 0.0656. The first-order chi connectivity index (χ1) is 10.1. The number of nitrogens with zero attached hydrogens (tertiary/aromatic N) is 2. The molecule has 0 unspecified atom stereocenters. The summed E-state index contributed by atoms with van der Waals surface area (Å²) in [5, 5.41) is 3.27. The fraction of sp³-hybridized carbons (Fsp3) is 0.647. The minimum Gasteiger partial charge on any atom is -0.385 e. The quantitative estimate of drug-likeness (QED) is 0.871. The van der Waals surface area contributed by atoms with Crippen LogP contribution in [0.4, 0.5) is 5.69 Å². The molecular weight excluding hydrogens is 262 g/mol. The van der Waals surface area contributed by atoms with Crippen molar-refractivity contribution in [3.8, 4) is 0 Å². The summed E-state index contributed by atoms with van der Waals surface area (Å²) in [6, 6.07) is 2.29. The van der Waals surface area contributed by atoms with E-state index >= 15 is 0 Å². The number of carbonyl (C=O) groups excluding carboxylic acids is 1. The van der Waals surface area contributed by atoms with Gasteiger partial charge in [-0.1, -0.05) is 26.7 Å². The summed E-state index contributed by atoms with van der Waals surface area (Å²) in [6.07, 6.45) is 8.17. The van der Waals surface area contributed by atoms with Gasteiger partial charge in [0.1, 0.15) is 0 Å². The third kappa shape index (κ3) is 3.96. The maximum Gasteiger partial charge on any atom is 0.257 e. The second-order valence-electron chi connectivity index (χ2n) is 6.24. The number of rotatable bonds is 6. The van der Waals surface area contributed by atoms with Gasteiger partial charge in [0.25, 0.3) is 5.91 Å². The molecule has 0 saturated heterocycles. The van der Waals surface area contributed by atoms with E-state index in [-0.39, 0.29) is 5.91 Å². The zero-order valence-electron chi connectivity index (χ0n) is 13.4. The molecule has 4 nitrogen and oxygen atoms in total. The molecular formula is C17H27N3O. The second-order valence-corrected chi connectivity index (χ2v) is 6.24. The summed E-state index contributed by atoms with van der Waals surface area (Å²) in [5.74, 6) is 0.605. The number of carbonyl (C=O) groups is 1. The zero-order chi connectivity index (χ0) is 15.2. The number of pyridine rings is 1. The number of hydrogen-bond acceptors (Lipinski definition) is 3. The number of aromatic nitrogens is 1. The van der Waals surface area contributed by atoms with Crippen LogP contribution < -0.4 is 5.32 Å². The summed E-state index contributed by atoms with van der Waals surface area (Å²) in [5.41, 5.74) is 1.59. The average Bonchev–Trinajstić information content (AvgIpc) is 2.99. The predicted molar refractivity (Wildman–Crippen MR) is 86.5 cm³/mol. The van der Waals surface area contributed by atoms with Gasteiger partial charge in [0, 0.05) is 31.5 Å². The van der Waals surface area contributed by atoms with Crippen LogP contribution in [-0.2, 0) is 0 Å². The standard InChI is InChI=1S/C17H27N3O/c1-4-19-16-9-10-18-11-15(16)17(21)20(12-13(2)3)14-7-5-6-8-14/h9-11,13-14H,4-8,12H2,1-3H3,(H,18,19). The van der Waals surface area contributed by atoms with Gasteiger partial charge in [-0.15, -0.1) is 0 Å². The molecule has 2 rings (SSSR count). The first-order valence-electron chi connectivity index (χ1n) is 8.12. The SMILES string of the molecule is CCNc1ccncc1C(=O)N(CC(C)C)C1CCCC1. The van der Waals surface area contributed by atoms with E-state index in [1.807, 2.05) is 13.0 Å². The van der Waals surface area contributed by atoms with E-state index in [0.29, 0.717) is 17.5 Å². The van der Waals surface area contributed by atoms with E-state index in [4.69, 9.17) is 0 Å². The molecule has 116 valence electrons. The van der Waals surface area contributed by atoms with Gasteiger partial charge in [-0.05, 0) is 31.7 Å². The van der Waals surface area contributed by atoms with E-state index in [9.17, 15) is 4.79 Å². The topological polar surface area (TPSA) is 45.2 Å². The van der Waals surface area contributed by atoms with E-state index < -0.39 is 0 Å². The number of anilines is 1. The van der Waals surface area contributed by atoms with Crippen LogP contribution in [0.25, 0.3) is 0 Å². The molecule has 1 heterocycles. The molecule has 1 aliphatic carbocycles. The molecule has 4 heteroatoms. The molecule has 1 fully saturated rings. The molecule has 1 amide bonds. The van der Waals surface area contributed by atoms with Gasteiger partial charge in [-0.3, -0.25) is 9.78 Å². The van der Waals surface area contributed by atoms with Crippen LogP contribution in [0.3, 0.4) is 0 Å². The van der Waals surface area contributed by atoms with Crippen LogP contribution in [0.1, 0.15) is 56.8 Å². The van der Waals surface area contributed by atoms with Gasteiger partial charge in [0.2, 0.25) is 0 Å². The first-order valence-corrected chi connectivity index (χ1v) is 8.12. The number of amides is 1. The molecule has 1 N–H and O–H groups in total. The molecule has 21 heavy (non-hydrogen) atoms. The average molecular weight is 289 g/mol. The molecule has 1 aliphatic rings. The molecule has 1 saturated carbocycles. The highest BCUT2D eigenvalue weighted by Gasteiger charge is 2.29. The van der Waals surface area contributed by atoms with Crippen molar-refractivity contribution in [3.63, 3.8) is 0 Å². The summed E-state index contributed by atoms with van der Waals surface area (Å²) in [6.45, 7) is 8.01. The highest BCUT2D eigenvalue weighted by atomic mass is 16.2. The molecule has 0 aromatic carbocycles. The van der Waals surface area contributed by atoms with E-state index in [0.717, 1.165) is 31.6 Å². The van der Waals surface area contributed by atoms with Crippen molar-refractivity contribution in [1.82, 2.24) is 9.88 Å². The minimum atomic E-state index is 0.125. The van der Waals surface area contributed by atoms with Gasteiger partial charge in [-0.25, -0.2) is 0 Å². The van der Waals surface area contributed by atoms with Gasteiger partial charge >= 0.3 is 0 Å². The lowest BCUT2D eigenvalue weighted by Gasteiger charge is -2.31. The Morgan fingerprint density at radius 2 is 2.14 bits per heavy atom. The maximum absolute atomic E-state index is 13.0. The molecule has 0 radical (unpaired) electrons. The van der Waals surface area contributed by atoms with Gasteiger partial charge in [0.15, 0.2) is 0 Å². The highest BCUT2D eigenvalue weighted by Crippen LogP contribution is 2.27. The van der Waals surface area contributed by atoms with Gasteiger partial charge in [-0.2, -0.15) is 0 Å². The number of hydrogen-bond donors (Lipinski definition) is 1. The van der Waals surface area contributed by atoms with Crippen molar-refractivity contribution in [2.24, 2.45) is 5.92 Å². The third-order valence-corrected chi connectivity index (χ3v) is 4.01. The number of nitrogens with one attached hydrogen (secondary N) is 1. The second kappa shape index (κ2) is 7.43. The Morgan fingerprint density at radius 1 is 1.43 bits per heavy atom. The van der Waals surface area contributed by atoms with Crippen molar-refractivity contribution in [2.45, 2.75) is 52.5 Å². The van der Waals surface area contributed by atoms with Crippen LogP contribution in [0.5, 0.6) is 0 Å². The van der Waals surface area contributed by atoms with Crippen molar-refractivity contribution < 1.29 is 4.79 Å². The smallest absolute Gasteiger partial charge is 0.257 e. The van der Waals surface area contributed by atoms with Gasteiger partial charge in [0.05, 0.1) is 11.3 Å². The molecule has 1 aromatic heterocycles. The maximum atomic E-state index is 13.0. The Bertz CT molecular complexity index is 467. The summed E-state index contributed by atoms with van der Waals surface area (Å²) >= 11 is 0. The summed E-state index contributed by atoms with van der Waals surface area (Å²) in [7, 11) is 0. The van der Waals surface area contributed by atoms with Crippen LogP contribution >= 0.6 is 0 Å². The monoisotopic (exact) mass is 289 g/mol. The Hall–Kier alpha value is -1.58. The minimum absolute atomic E-state index is 0.125.